The first kappa shape index (κ1) is 18.9. The molecule has 134 valence electrons. The molecule has 0 spiro atoms. The zero-order chi connectivity index (χ0) is 18.4. The summed E-state index contributed by atoms with van der Waals surface area (Å²) in [5, 5.41) is 3.25. The number of halogens is 2. The molecule has 0 saturated heterocycles. The lowest BCUT2D eigenvalue weighted by Crippen LogP contribution is -2.24. The van der Waals surface area contributed by atoms with Crippen LogP contribution in [-0.4, -0.2) is 19.2 Å². The smallest absolute Gasteiger partial charge is 0.346 e. The second-order valence-electron chi connectivity index (χ2n) is 5.70. The standard InChI is InChI=1S/C19H21F2NO3/c1-12(15-6-9-17(20)18(21)10-15)22-11-14-4-7-16(8-5-14)25-13(2)19(23)24-3/h4-10,12-13,22H,11H2,1-3H3. The van der Waals surface area contributed by atoms with Crippen molar-refractivity contribution in [1.29, 1.82) is 0 Å². The Labute approximate surface area is 145 Å². The molecule has 4 nitrogen and oxygen atoms in total. The molecule has 0 radical (unpaired) electrons. The maximum Gasteiger partial charge on any atom is 0.346 e. The van der Waals surface area contributed by atoms with Gasteiger partial charge in [0.15, 0.2) is 17.7 Å². The molecule has 0 heterocycles. The van der Waals surface area contributed by atoms with Crippen LogP contribution < -0.4 is 10.1 Å². The minimum absolute atomic E-state index is 0.134. The zero-order valence-corrected chi connectivity index (χ0v) is 14.4. The Balaban J connectivity index is 1.90. The third kappa shape index (κ3) is 5.26. The molecule has 2 unspecified atom stereocenters. The normalized spacial score (nSPS) is 13.2. The van der Waals surface area contributed by atoms with Gasteiger partial charge in [-0.25, -0.2) is 13.6 Å². The SMILES string of the molecule is COC(=O)C(C)Oc1ccc(CNC(C)c2ccc(F)c(F)c2)cc1. The van der Waals surface area contributed by atoms with Crippen molar-refractivity contribution < 1.29 is 23.0 Å². The van der Waals surface area contributed by atoms with E-state index >= 15 is 0 Å². The number of rotatable bonds is 7. The first-order valence-electron chi connectivity index (χ1n) is 7.92. The van der Waals surface area contributed by atoms with Crippen LogP contribution in [0.25, 0.3) is 0 Å². The highest BCUT2D eigenvalue weighted by Gasteiger charge is 2.14. The van der Waals surface area contributed by atoms with Crippen molar-refractivity contribution >= 4 is 5.97 Å². The minimum Gasteiger partial charge on any atom is -0.479 e. The zero-order valence-electron chi connectivity index (χ0n) is 14.4. The number of hydrogen-bond donors (Lipinski definition) is 1. The molecule has 0 aliphatic rings. The van der Waals surface area contributed by atoms with Crippen molar-refractivity contribution in [2.75, 3.05) is 7.11 Å². The van der Waals surface area contributed by atoms with Gasteiger partial charge in [-0.1, -0.05) is 18.2 Å². The van der Waals surface area contributed by atoms with Crippen LogP contribution in [0.1, 0.15) is 31.0 Å². The second kappa shape index (κ2) is 8.58. The van der Waals surface area contributed by atoms with Crippen LogP contribution in [0.3, 0.4) is 0 Å². The first-order valence-corrected chi connectivity index (χ1v) is 7.92. The predicted molar refractivity (Wildman–Crippen MR) is 90.2 cm³/mol. The third-order valence-corrected chi connectivity index (χ3v) is 3.83. The highest BCUT2D eigenvalue weighted by molar-refractivity contribution is 5.74. The van der Waals surface area contributed by atoms with Crippen molar-refractivity contribution in [3.8, 4) is 5.75 Å². The summed E-state index contributed by atoms with van der Waals surface area (Å²) in [6, 6.07) is 11.0. The number of esters is 1. The summed E-state index contributed by atoms with van der Waals surface area (Å²) in [7, 11) is 1.31. The van der Waals surface area contributed by atoms with Gasteiger partial charge in [0.2, 0.25) is 0 Å². The molecule has 0 amide bonds. The number of ether oxygens (including phenoxy) is 2. The molecule has 0 bridgehead atoms. The van der Waals surface area contributed by atoms with Gasteiger partial charge in [0.25, 0.3) is 0 Å². The summed E-state index contributed by atoms with van der Waals surface area (Å²) in [5.41, 5.74) is 1.67. The molecule has 0 fully saturated rings. The van der Waals surface area contributed by atoms with Crippen LogP contribution >= 0.6 is 0 Å². The third-order valence-electron chi connectivity index (χ3n) is 3.83. The Kier molecular flexibility index (Phi) is 6.47. The fourth-order valence-electron chi connectivity index (χ4n) is 2.27. The molecule has 0 aliphatic heterocycles. The van der Waals surface area contributed by atoms with E-state index in [2.05, 4.69) is 10.1 Å². The van der Waals surface area contributed by atoms with E-state index in [1.54, 1.807) is 25.1 Å². The summed E-state index contributed by atoms with van der Waals surface area (Å²) in [4.78, 5) is 11.3. The summed E-state index contributed by atoms with van der Waals surface area (Å²) in [5.74, 6) is -1.58. The summed E-state index contributed by atoms with van der Waals surface area (Å²) in [6.07, 6.45) is -0.678. The van der Waals surface area contributed by atoms with Gasteiger partial charge >= 0.3 is 5.97 Å². The second-order valence-corrected chi connectivity index (χ2v) is 5.70. The van der Waals surface area contributed by atoms with Crippen molar-refractivity contribution in [3.63, 3.8) is 0 Å². The Morgan fingerprint density at radius 3 is 2.36 bits per heavy atom. The van der Waals surface area contributed by atoms with Crippen LogP contribution in [0.5, 0.6) is 5.75 Å². The van der Waals surface area contributed by atoms with Crippen molar-refractivity contribution in [1.82, 2.24) is 5.32 Å². The van der Waals surface area contributed by atoms with Crippen molar-refractivity contribution in [3.05, 3.63) is 65.2 Å². The minimum atomic E-state index is -0.854. The molecular weight excluding hydrogens is 328 g/mol. The topological polar surface area (TPSA) is 47.6 Å². The molecule has 2 aromatic carbocycles. The Morgan fingerprint density at radius 2 is 1.76 bits per heavy atom. The molecule has 6 heteroatoms. The number of carbonyl (C=O) groups is 1. The Hall–Kier alpha value is -2.47. The van der Waals surface area contributed by atoms with Crippen LogP contribution in [0.15, 0.2) is 42.5 Å². The van der Waals surface area contributed by atoms with E-state index in [4.69, 9.17) is 4.74 Å². The van der Waals surface area contributed by atoms with Gasteiger partial charge in [-0.3, -0.25) is 0 Å². The highest BCUT2D eigenvalue weighted by atomic mass is 19.2. The van der Waals surface area contributed by atoms with Crippen LogP contribution in [0, 0.1) is 11.6 Å². The maximum atomic E-state index is 13.3. The van der Waals surface area contributed by atoms with E-state index < -0.39 is 23.7 Å². The lowest BCUT2D eigenvalue weighted by atomic mass is 10.1. The van der Waals surface area contributed by atoms with Crippen molar-refractivity contribution in [2.45, 2.75) is 32.5 Å². The first-order chi connectivity index (χ1) is 11.9. The van der Waals surface area contributed by atoms with E-state index in [0.717, 1.165) is 11.6 Å². The average Bonchev–Trinajstić information content (AvgIpc) is 2.62. The highest BCUT2D eigenvalue weighted by Crippen LogP contribution is 2.18. The average molecular weight is 349 g/mol. The summed E-state index contributed by atoms with van der Waals surface area (Å²) >= 11 is 0. The number of benzene rings is 2. The van der Waals surface area contributed by atoms with E-state index in [-0.39, 0.29) is 6.04 Å². The van der Waals surface area contributed by atoms with Gasteiger partial charge in [-0.2, -0.15) is 0 Å². The fraction of sp³-hybridized carbons (Fsp3) is 0.316. The van der Waals surface area contributed by atoms with Gasteiger partial charge in [-0.05, 0) is 49.2 Å². The molecular formula is C19H21F2NO3. The van der Waals surface area contributed by atoms with E-state index in [1.165, 1.54) is 13.2 Å². The Bertz CT molecular complexity index is 719. The largest absolute Gasteiger partial charge is 0.479 e. The number of methoxy groups -OCH3 is 1. The lowest BCUT2D eigenvalue weighted by Gasteiger charge is -2.15. The van der Waals surface area contributed by atoms with Crippen molar-refractivity contribution in [2.24, 2.45) is 0 Å². The Morgan fingerprint density at radius 1 is 1.08 bits per heavy atom. The summed E-state index contributed by atoms with van der Waals surface area (Å²) in [6.45, 7) is 4.04. The quantitative estimate of drug-likeness (QED) is 0.774. The molecule has 2 rings (SSSR count). The molecule has 0 saturated carbocycles. The van der Waals surface area contributed by atoms with Gasteiger partial charge in [0.05, 0.1) is 7.11 Å². The van der Waals surface area contributed by atoms with Gasteiger partial charge < -0.3 is 14.8 Å². The monoisotopic (exact) mass is 349 g/mol. The molecule has 0 aliphatic carbocycles. The molecule has 1 N–H and O–H groups in total. The van der Waals surface area contributed by atoms with Gasteiger partial charge in [0.1, 0.15) is 5.75 Å². The number of nitrogens with one attached hydrogen (secondary N) is 1. The van der Waals surface area contributed by atoms with Crippen LogP contribution in [0.4, 0.5) is 8.78 Å². The van der Waals surface area contributed by atoms with E-state index in [0.29, 0.717) is 17.9 Å². The molecule has 0 aromatic heterocycles. The number of hydrogen-bond acceptors (Lipinski definition) is 4. The van der Waals surface area contributed by atoms with E-state index in [9.17, 15) is 13.6 Å². The van der Waals surface area contributed by atoms with Crippen LogP contribution in [0.2, 0.25) is 0 Å². The van der Waals surface area contributed by atoms with Crippen LogP contribution in [-0.2, 0) is 16.1 Å². The van der Waals surface area contributed by atoms with E-state index in [1.807, 2.05) is 19.1 Å². The molecule has 2 aromatic rings. The lowest BCUT2D eigenvalue weighted by molar-refractivity contribution is -0.147. The van der Waals surface area contributed by atoms with Gasteiger partial charge in [-0.15, -0.1) is 0 Å². The number of carbonyl (C=O) groups excluding carboxylic acids is 1. The molecule has 2 atom stereocenters. The summed E-state index contributed by atoms with van der Waals surface area (Å²) < 4.78 is 36.3. The fourth-order valence-corrected chi connectivity index (χ4v) is 2.27. The molecule has 25 heavy (non-hydrogen) atoms. The maximum absolute atomic E-state index is 13.3. The predicted octanol–water partition coefficient (Wildman–Crippen LogP) is 3.76. The van der Waals surface area contributed by atoms with Gasteiger partial charge in [0, 0.05) is 12.6 Å².